The van der Waals surface area contributed by atoms with Crippen LogP contribution in [0.25, 0.3) is 0 Å². The minimum absolute atomic E-state index is 0.214. The van der Waals surface area contributed by atoms with Gasteiger partial charge in [0.1, 0.15) is 5.37 Å². The van der Waals surface area contributed by atoms with Gasteiger partial charge in [0.25, 0.3) is 0 Å². The van der Waals surface area contributed by atoms with Crippen LogP contribution in [0.5, 0.6) is 0 Å². The molecule has 0 aliphatic carbocycles. The molecule has 0 saturated heterocycles. The first-order chi connectivity index (χ1) is 9.60. The second kappa shape index (κ2) is 6.65. The summed E-state index contributed by atoms with van der Waals surface area (Å²) in [4.78, 5) is 0.258. The molecular weight excluding hydrogens is 272 g/mol. The van der Waals surface area contributed by atoms with Crippen LogP contribution in [0.4, 0.5) is 0 Å². The summed E-state index contributed by atoms with van der Waals surface area (Å²) in [7, 11) is -3.48. The Morgan fingerprint density at radius 3 is 2.10 bits per heavy atom. The average molecular weight is 290 g/mol. The van der Waals surface area contributed by atoms with E-state index in [0.29, 0.717) is 6.54 Å². The third kappa shape index (κ3) is 3.66. The molecule has 20 heavy (non-hydrogen) atoms. The number of sulfone groups is 1. The van der Waals surface area contributed by atoms with Gasteiger partial charge in [-0.3, -0.25) is 0 Å². The van der Waals surface area contributed by atoms with E-state index in [1.165, 1.54) is 0 Å². The lowest BCUT2D eigenvalue weighted by molar-refractivity contribution is 0.566. The fourth-order valence-electron chi connectivity index (χ4n) is 1.85. The number of hydrogen-bond donors (Lipinski definition) is 2. The number of rotatable bonds is 6. The lowest BCUT2D eigenvalue weighted by Crippen LogP contribution is -2.40. The lowest BCUT2D eigenvalue weighted by atomic mass is 10.2. The minimum atomic E-state index is -3.48. The third-order valence-electron chi connectivity index (χ3n) is 2.99. The normalized spacial score (nSPS) is 13.1. The fraction of sp³-hybridized carbons (Fsp3) is 0.200. The van der Waals surface area contributed by atoms with Gasteiger partial charge in [-0.15, -0.1) is 0 Å². The van der Waals surface area contributed by atoms with Gasteiger partial charge in [0.2, 0.25) is 0 Å². The maximum atomic E-state index is 12.2. The molecule has 4 nitrogen and oxygen atoms in total. The number of nitrogens with two attached hydrogens (primary N) is 1. The molecule has 2 aromatic carbocycles. The van der Waals surface area contributed by atoms with E-state index in [1.807, 2.05) is 30.3 Å². The van der Waals surface area contributed by atoms with E-state index in [1.54, 1.807) is 30.3 Å². The molecule has 0 spiro atoms. The summed E-state index contributed by atoms with van der Waals surface area (Å²) >= 11 is 0. The zero-order valence-corrected chi connectivity index (χ0v) is 11.9. The predicted octanol–water partition coefficient (Wildman–Crippen LogP) is 1.53. The van der Waals surface area contributed by atoms with Gasteiger partial charge >= 0.3 is 0 Å². The summed E-state index contributed by atoms with van der Waals surface area (Å²) < 4.78 is 24.4. The van der Waals surface area contributed by atoms with E-state index < -0.39 is 15.2 Å². The Kier molecular flexibility index (Phi) is 4.89. The van der Waals surface area contributed by atoms with Gasteiger partial charge in [0, 0.05) is 13.1 Å². The van der Waals surface area contributed by atoms with Crippen LogP contribution in [0.1, 0.15) is 5.56 Å². The first kappa shape index (κ1) is 14.7. The molecular formula is C15H18N2O2S. The number of hydrogen-bond acceptors (Lipinski definition) is 4. The van der Waals surface area contributed by atoms with E-state index >= 15 is 0 Å². The second-order valence-electron chi connectivity index (χ2n) is 4.51. The van der Waals surface area contributed by atoms with Gasteiger partial charge in [0.05, 0.1) is 4.90 Å². The molecule has 3 N–H and O–H groups in total. The molecule has 0 aliphatic rings. The summed E-state index contributed by atoms with van der Waals surface area (Å²) in [6, 6.07) is 18.1. The smallest absolute Gasteiger partial charge is 0.195 e. The topological polar surface area (TPSA) is 72.2 Å². The summed E-state index contributed by atoms with van der Waals surface area (Å²) in [5.41, 5.74) is 6.89. The largest absolute Gasteiger partial charge is 0.314 e. The molecule has 2 aromatic rings. The van der Waals surface area contributed by atoms with Gasteiger partial charge in [-0.25, -0.2) is 8.42 Å². The molecule has 5 heteroatoms. The van der Waals surface area contributed by atoms with Crippen LogP contribution in [-0.2, 0) is 16.4 Å². The van der Waals surface area contributed by atoms with E-state index in [0.717, 1.165) is 5.56 Å². The van der Waals surface area contributed by atoms with E-state index in [9.17, 15) is 8.42 Å². The van der Waals surface area contributed by atoms with Crippen molar-refractivity contribution in [3.05, 3.63) is 66.2 Å². The van der Waals surface area contributed by atoms with Crippen molar-refractivity contribution in [1.82, 2.24) is 5.32 Å². The van der Waals surface area contributed by atoms with Gasteiger partial charge in [0.15, 0.2) is 9.84 Å². The van der Waals surface area contributed by atoms with Crippen molar-refractivity contribution < 1.29 is 8.42 Å². The molecule has 2 rings (SSSR count). The van der Waals surface area contributed by atoms with Gasteiger partial charge < -0.3 is 11.1 Å². The van der Waals surface area contributed by atoms with Crippen LogP contribution >= 0.6 is 0 Å². The maximum absolute atomic E-state index is 12.2. The van der Waals surface area contributed by atoms with Crippen LogP contribution in [-0.4, -0.2) is 20.3 Å². The van der Waals surface area contributed by atoms with Crippen molar-refractivity contribution >= 4 is 9.84 Å². The summed E-state index contributed by atoms with van der Waals surface area (Å²) in [5, 5.41) is 2.12. The number of nitrogens with one attached hydrogen (secondary N) is 1. The van der Waals surface area contributed by atoms with Crippen molar-refractivity contribution in [3.8, 4) is 0 Å². The van der Waals surface area contributed by atoms with Crippen molar-refractivity contribution in [2.45, 2.75) is 16.8 Å². The van der Waals surface area contributed by atoms with Crippen molar-refractivity contribution in [1.29, 1.82) is 0 Å². The van der Waals surface area contributed by atoms with E-state index in [2.05, 4.69) is 5.32 Å². The molecule has 0 bridgehead atoms. The minimum Gasteiger partial charge on any atom is -0.314 e. The standard InChI is InChI=1S/C15H18N2O2S/c16-15(12-17-11-13-7-3-1-4-8-13)20(18,19)14-9-5-2-6-10-14/h1-10,15,17H,11-12,16H2. The summed E-state index contributed by atoms with van der Waals surface area (Å²) in [5.74, 6) is 0. The Bertz CT molecular complexity index is 627. The molecule has 0 saturated carbocycles. The zero-order valence-electron chi connectivity index (χ0n) is 11.1. The van der Waals surface area contributed by atoms with Crippen molar-refractivity contribution in [3.63, 3.8) is 0 Å². The third-order valence-corrected chi connectivity index (χ3v) is 4.88. The van der Waals surface area contributed by atoms with Crippen LogP contribution in [0, 0.1) is 0 Å². The first-order valence-corrected chi connectivity index (χ1v) is 7.94. The van der Waals surface area contributed by atoms with Gasteiger partial charge in [-0.1, -0.05) is 48.5 Å². The van der Waals surface area contributed by atoms with Crippen LogP contribution in [0.2, 0.25) is 0 Å². The number of benzene rings is 2. The monoisotopic (exact) mass is 290 g/mol. The van der Waals surface area contributed by atoms with Crippen LogP contribution in [0.3, 0.4) is 0 Å². The molecule has 0 fully saturated rings. The molecule has 0 amide bonds. The van der Waals surface area contributed by atoms with E-state index in [4.69, 9.17) is 5.73 Å². The van der Waals surface area contributed by atoms with Gasteiger partial charge in [-0.2, -0.15) is 0 Å². The SMILES string of the molecule is NC(CNCc1ccccc1)S(=O)(=O)c1ccccc1. The second-order valence-corrected chi connectivity index (χ2v) is 6.68. The highest BCUT2D eigenvalue weighted by Gasteiger charge is 2.22. The van der Waals surface area contributed by atoms with E-state index in [-0.39, 0.29) is 11.4 Å². The highest BCUT2D eigenvalue weighted by Crippen LogP contribution is 2.12. The molecule has 1 unspecified atom stereocenters. The molecule has 0 aliphatic heterocycles. The maximum Gasteiger partial charge on any atom is 0.195 e. The fourth-order valence-corrected chi connectivity index (χ4v) is 3.07. The predicted molar refractivity (Wildman–Crippen MR) is 79.8 cm³/mol. The quantitative estimate of drug-likeness (QED) is 0.846. The van der Waals surface area contributed by atoms with Crippen molar-refractivity contribution in [2.75, 3.05) is 6.54 Å². The van der Waals surface area contributed by atoms with Gasteiger partial charge in [-0.05, 0) is 17.7 Å². The Balaban J connectivity index is 1.93. The Labute approximate surface area is 119 Å². The highest BCUT2D eigenvalue weighted by molar-refractivity contribution is 7.92. The molecule has 0 aromatic heterocycles. The average Bonchev–Trinajstić information content (AvgIpc) is 2.49. The first-order valence-electron chi connectivity index (χ1n) is 6.40. The lowest BCUT2D eigenvalue weighted by Gasteiger charge is -2.14. The summed E-state index contributed by atoms with van der Waals surface area (Å²) in [6.07, 6.45) is 0. The Morgan fingerprint density at radius 1 is 0.950 bits per heavy atom. The van der Waals surface area contributed by atoms with Crippen molar-refractivity contribution in [2.24, 2.45) is 5.73 Å². The Morgan fingerprint density at radius 2 is 1.50 bits per heavy atom. The Hall–Kier alpha value is -1.69. The summed E-state index contributed by atoms with van der Waals surface area (Å²) in [6.45, 7) is 0.810. The zero-order chi connectivity index (χ0) is 14.4. The molecule has 0 heterocycles. The van der Waals surface area contributed by atoms with Crippen LogP contribution < -0.4 is 11.1 Å². The molecule has 0 radical (unpaired) electrons. The highest BCUT2D eigenvalue weighted by atomic mass is 32.2. The van der Waals surface area contributed by atoms with Crippen LogP contribution in [0.15, 0.2) is 65.6 Å². The molecule has 1 atom stereocenters. The molecule has 106 valence electrons.